The van der Waals surface area contributed by atoms with Gasteiger partial charge in [-0.15, -0.1) is 5.10 Å². The largest absolute Gasteiger partial charge is 0.416 e. The summed E-state index contributed by atoms with van der Waals surface area (Å²) in [6.45, 7) is -0.168. The minimum absolute atomic E-state index is 0.0524. The molecule has 8 nitrogen and oxygen atoms in total. The molecular formula is C14H18F3N5O3S. The Hall–Kier alpha value is -2.18. The number of rotatable bonds is 6. The van der Waals surface area contributed by atoms with Crippen LogP contribution in [0.25, 0.3) is 11.4 Å². The van der Waals surface area contributed by atoms with Crippen LogP contribution in [0.3, 0.4) is 0 Å². The molecule has 2 aromatic rings. The summed E-state index contributed by atoms with van der Waals surface area (Å²) in [5, 5.41) is 4.02. The first-order chi connectivity index (χ1) is 11.9. The van der Waals surface area contributed by atoms with E-state index in [4.69, 9.17) is 0 Å². The fourth-order valence-electron chi connectivity index (χ4n) is 2.13. The van der Waals surface area contributed by atoms with Crippen LogP contribution in [0.15, 0.2) is 29.1 Å². The van der Waals surface area contributed by atoms with Gasteiger partial charge in [0.15, 0.2) is 5.82 Å². The maximum Gasteiger partial charge on any atom is 0.416 e. The third-order valence-electron chi connectivity index (χ3n) is 3.58. The lowest BCUT2D eigenvalue weighted by Gasteiger charge is -2.11. The zero-order valence-corrected chi connectivity index (χ0v) is 15.1. The smallest absolute Gasteiger partial charge is 0.278 e. The van der Waals surface area contributed by atoms with Crippen molar-refractivity contribution in [2.45, 2.75) is 12.7 Å². The van der Waals surface area contributed by atoms with Crippen LogP contribution in [0.5, 0.6) is 0 Å². The van der Waals surface area contributed by atoms with Crippen LogP contribution in [0.4, 0.5) is 13.2 Å². The van der Waals surface area contributed by atoms with Gasteiger partial charge in [0.1, 0.15) is 0 Å². The van der Waals surface area contributed by atoms with Gasteiger partial charge < -0.3 is 0 Å². The van der Waals surface area contributed by atoms with E-state index in [0.717, 1.165) is 25.7 Å². The van der Waals surface area contributed by atoms with E-state index in [2.05, 4.69) is 9.82 Å². The van der Waals surface area contributed by atoms with Crippen molar-refractivity contribution >= 4 is 10.2 Å². The van der Waals surface area contributed by atoms with Crippen LogP contribution in [-0.4, -0.2) is 47.7 Å². The summed E-state index contributed by atoms with van der Waals surface area (Å²) in [6, 6.07) is 4.47. The molecule has 144 valence electrons. The van der Waals surface area contributed by atoms with Crippen LogP contribution in [-0.2, 0) is 30.0 Å². The van der Waals surface area contributed by atoms with Crippen LogP contribution in [0, 0.1) is 0 Å². The number of alkyl halides is 3. The van der Waals surface area contributed by atoms with Gasteiger partial charge in [-0.25, -0.2) is 14.2 Å². The topological polar surface area (TPSA) is 89.2 Å². The maximum atomic E-state index is 12.8. The van der Waals surface area contributed by atoms with Gasteiger partial charge in [0, 0.05) is 33.3 Å². The van der Waals surface area contributed by atoms with E-state index < -0.39 is 27.6 Å². The van der Waals surface area contributed by atoms with Crippen molar-refractivity contribution in [2.75, 3.05) is 20.6 Å². The van der Waals surface area contributed by atoms with E-state index >= 15 is 0 Å². The quantitative estimate of drug-likeness (QED) is 0.781. The Kier molecular flexibility index (Phi) is 5.58. The van der Waals surface area contributed by atoms with Gasteiger partial charge in [-0.3, -0.25) is 4.57 Å². The predicted molar refractivity (Wildman–Crippen MR) is 88.5 cm³/mol. The molecule has 2 rings (SSSR count). The second kappa shape index (κ2) is 7.21. The molecule has 0 fully saturated rings. The van der Waals surface area contributed by atoms with Gasteiger partial charge in [0.05, 0.1) is 12.1 Å². The molecule has 1 N–H and O–H groups in total. The number of halogens is 3. The Balaban J connectivity index is 2.26. The number of nitrogens with zero attached hydrogens (tertiary/aromatic N) is 4. The van der Waals surface area contributed by atoms with Crippen molar-refractivity contribution < 1.29 is 21.6 Å². The molecular weight excluding hydrogens is 375 g/mol. The van der Waals surface area contributed by atoms with Crippen LogP contribution in [0.2, 0.25) is 0 Å². The van der Waals surface area contributed by atoms with Crippen molar-refractivity contribution in [3.05, 3.63) is 40.3 Å². The van der Waals surface area contributed by atoms with E-state index in [1.165, 1.54) is 33.3 Å². The molecule has 26 heavy (non-hydrogen) atoms. The average molecular weight is 393 g/mol. The molecule has 0 aliphatic rings. The lowest BCUT2D eigenvalue weighted by atomic mass is 10.1. The molecule has 0 unspecified atom stereocenters. The first kappa shape index (κ1) is 20.1. The van der Waals surface area contributed by atoms with Gasteiger partial charge in [0.25, 0.3) is 10.2 Å². The molecule has 12 heteroatoms. The molecule has 0 saturated heterocycles. The molecule has 0 radical (unpaired) electrons. The third kappa shape index (κ3) is 4.31. The molecule has 0 amide bonds. The lowest BCUT2D eigenvalue weighted by molar-refractivity contribution is -0.137. The summed E-state index contributed by atoms with van der Waals surface area (Å²) >= 11 is 0. The second-order valence-electron chi connectivity index (χ2n) is 5.65. The summed E-state index contributed by atoms with van der Waals surface area (Å²) in [7, 11) is 0.427. The fraction of sp³-hybridized carbons (Fsp3) is 0.429. The zero-order chi connectivity index (χ0) is 19.7. The number of benzene rings is 1. The fourth-order valence-corrected chi connectivity index (χ4v) is 2.74. The Labute approximate surface area is 148 Å². The van der Waals surface area contributed by atoms with Gasteiger partial charge >= 0.3 is 11.9 Å². The van der Waals surface area contributed by atoms with Crippen LogP contribution >= 0.6 is 0 Å². The highest BCUT2D eigenvalue weighted by Crippen LogP contribution is 2.31. The summed E-state index contributed by atoms with van der Waals surface area (Å²) in [5.74, 6) is 0.0524. The summed E-state index contributed by atoms with van der Waals surface area (Å²) in [6.07, 6.45) is -4.51. The minimum atomic E-state index is -4.51. The highest BCUT2D eigenvalue weighted by molar-refractivity contribution is 7.87. The van der Waals surface area contributed by atoms with E-state index in [1.54, 1.807) is 0 Å². The van der Waals surface area contributed by atoms with Gasteiger partial charge in [0.2, 0.25) is 0 Å². The molecule has 1 aromatic heterocycles. The van der Waals surface area contributed by atoms with E-state index in [1.807, 2.05) is 0 Å². The van der Waals surface area contributed by atoms with Crippen LogP contribution in [0.1, 0.15) is 5.56 Å². The normalized spacial score (nSPS) is 12.7. The number of nitrogens with one attached hydrogen (secondary N) is 1. The predicted octanol–water partition coefficient (Wildman–Crippen LogP) is 0.664. The Morgan fingerprint density at radius 1 is 1.27 bits per heavy atom. The summed E-state index contributed by atoms with van der Waals surface area (Å²) in [4.78, 5) is 12.2. The molecule has 1 heterocycles. The number of hydrogen-bond acceptors (Lipinski definition) is 4. The minimum Gasteiger partial charge on any atom is -0.278 e. The van der Waals surface area contributed by atoms with Crippen LogP contribution < -0.4 is 10.4 Å². The summed E-state index contributed by atoms with van der Waals surface area (Å²) < 4.78 is 67.1. The molecule has 0 aliphatic heterocycles. The molecule has 0 spiro atoms. The van der Waals surface area contributed by atoms with E-state index in [-0.39, 0.29) is 24.5 Å². The Morgan fingerprint density at radius 2 is 1.92 bits per heavy atom. The van der Waals surface area contributed by atoms with Gasteiger partial charge in [-0.1, -0.05) is 12.1 Å². The zero-order valence-electron chi connectivity index (χ0n) is 14.3. The van der Waals surface area contributed by atoms with Gasteiger partial charge in [-0.05, 0) is 12.1 Å². The first-order valence-electron chi connectivity index (χ1n) is 7.42. The molecule has 0 bridgehead atoms. The SMILES string of the molecule is CN(C)S(=O)(=O)NCCn1nc(-c2cccc(C(F)(F)F)c2)n(C)c1=O. The highest BCUT2D eigenvalue weighted by atomic mass is 32.2. The average Bonchev–Trinajstić information content (AvgIpc) is 2.82. The molecule has 0 aliphatic carbocycles. The van der Waals surface area contributed by atoms with E-state index in [0.29, 0.717) is 0 Å². The van der Waals surface area contributed by atoms with Crippen molar-refractivity contribution in [2.24, 2.45) is 7.05 Å². The standard InChI is InChI=1S/C14H18F3N5O3S/c1-20(2)26(24,25)18-7-8-22-13(23)21(3)12(19-22)10-5-4-6-11(9-10)14(15,16)17/h4-6,9,18H,7-8H2,1-3H3. The lowest BCUT2D eigenvalue weighted by Crippen LogP contribution is -2.38. The summed E-state index contributed by atoms with van der Waals surface area (Å²) in [5.41, 5.74) is -1.29. The number of hydrogen-bond donors (Lipinski definition) is 1. The highest BCUT2D eigenvalue weighted by Gasteiger charge is 2.30. The molecule has 0 atom stereocenters. The maximum absolute atomic E-state index is 12.8. The third-order valence-corrected chi connectivity index (χ3v) is 5.11. The molecule has 0 saturated carbocycles. The Morgan fingerprint density at radius 3 is 2.50 bits per heavy atom. The first-order valence-corrected chi connectivity index (χ1v) is 8.86. The monoisotopic (exact) mass is 393 g/mol. The number of aromatic nitrogens is 3. The van der Waals surface area contributed by atoms with Crippen molar-refractivity contribution in [3.8, 4) is 11.4 Å². The van der Waals surface area contributed by atoms with Crippen molar-refractivity contribution in [3.63, 3.8) is 0 Å². The van der Waals surface area contributed by atoms with E-state index in [9.17, 15) is 26.4 Å². The van der Waals surface area contributed by atoms with Crippen molar-refractivity contribution in [1.29, 1.82) is 0 Å². The Bertz CT molecular complexity index is 947. The molecule has 1 aromatic carbocycles. The van der Waals surface area contributed by atoms with Crippen molar-refractivity contribution in [1.82, 2.24) is 23.4 Å². The van der Waals surface area contributed by atoms with Gasteiger partial charge in [-0.2, -0.15) is 25.9 Å². The second-order valence-corrected chi connectivity index (χ2v) is 7.62.